The fourth-order valence-electron chi connectivity index (χ4n) is 1.51. The highest BCUT2D eigenvalue weighted by atomic mass is 16.6. The molecule has 6 heteroatoms. The average Bonchev–Trinajstić information content (AvgIpc) is 2.39. The van der Waals surface area contributed by atoms with Crippen LogP contribution in [0.25, 0.3) is 0 Å². The van der Waals surface area contributed by atoms with Crippen LogP contribution in [0, 0.1) is 10.1 Å². The van der Waals surface area contributed by atoms with E-state index in [0.717, 1.165) is 6.07 Å². The molecule has 0 bridgehead atoms. The van der Waals surface area contributed by atoms with Crippen LogP contribution in [0.1, 0.15) is 10.4 Å². The fourth-order valence-corrected chi connectivity index (χ4v) is 1.51. The average molecular weight is 258 g/mol. The van der Waals surface area contributed by atoms with Crippen molar-refractivity contribution in [1.82, 2.24) is 0 Å². The zero-order valence-electron chi connectivity index (χ0n) is 9.78. The first kappa shape index (κ1) is 12.6. The summed E-state index contributed by atoms with van der Waals surface area (Å²) in [6.07, 6.45) is 0. The van der Waals surface area contributed by atoms with E-state index in [9.17, 15) is 14.9 Å². The Morgan fingerprint density at radius 1 is 1.16 bits per heavy atom. The van der Waals surface area contributed by atoms with Crippen LogP contribution >= 0.6 is 0 Å². The summed E-state index contributed by atoms with van der Waals surface area (Å²) in [5.74, 6) is -0.334. The number of esters is 1. The van der Waals surface area contributed by atoms with Crippen LogP contribution in [-0.4, -0.2) is 10.9 Å². The van der Waals surface area contributed by atoms with Gasteiger partial charge in [-0.15, -0.1) is 0 Å². The third kappa shape index (κ3) is 3.06. The lowest BCUT2D eigenvalue weighted by atomic mass is 10.2. The number of non-ortho nitro benzene ring substituents is 1. The molecule has 0 fully saturated rings. The summed E-state index contributed by atoms with van der Waals surface area (Å²) in [6.45, 7) is 0. The fraction of sp³-hybridized carbons (Fsp3) is 0. The van der Waals surface area contributed by atoms with Gasteiger partial charge in [-0.25, -0.2) is 4.79 Å². The van der Waals surface area contributed by atoms with Crippen molar-refractivity contribution in [2.24, 2.45) is 0 Å². The molecule has 0 saturated heterocycles. The number of ether oxygens (including phenoxy) is 1. The standard InChI is InChI=1S/C13H10N2O4/c14-10-6-9(7-11(8-10)15(17)18)13(16)19-12-4-2-1-3-5-12/h1-8H,14H2. The lowest BCUT2D eigenvalue weighted by molar-refractivity contribution is -0.384. The van der Waals surface area contributed by atoms with Gasteiger partial charge in [0.2, 0.25) is 0 Å². The van der Waals surface area contributed by atoms with Crippen molar-refractivity contribution in [3.05, 3.63) is 64.2 Å². The molecule has 96 valence electrons. The van der Waals surface area contributed by atoms with E-state index >= 15 is 0 Å². The summed E-state index contributed by atoms with van der Waals surface area (Å²) < 4.78 is 5.07. The molecule has 0 aliphatic heterocycles. The van der Waals surface area contributed by atoms with Crippen LogP contribution in [0.15, 0.2) is 48.5 Å². The molecule has 2 aromatic carbocycles. The van der Waals surface area contributed by atoms with Crippen molar-refractivity contribution >= 4 is 17.3 Å². The summed E-state index contributed by atoms with van der Waals surface area (Å²) >= 11 is 0. The van der Waals surface area contributed by atoms with Crippen molar-refractivity contribution in [2.75, 3.05) is 5.73 Å². The number of nitrogens with zero attached hydrogens (tertiary/aromatic N) is 1. The third-order valence-electron chi connectivity index (χ3n) is 2.34. The van der Waals surface area contributed by atoms with E-state index in [-0.39, 0.29) is 16.9 Å². The number of carbonyl (C=O) groups is 1. The van der Waals surface area contributed by atoms with Gasteiger partial charge in [0, 0.05) is 17.8 Å². The van der Waals surface area contributed by atoms with Gasteiger partial charge in [0.1, 0.15) is 5.75 Å². The number of nitrogens with two attached hydrogens (primary N) is 1. The first-order valence-electron chi connectivity index (χ1n) is 5.38. The summed E-state index contributed by atoms with van der Waals surface area (Å²) in [5.41, 5.74) is 5.44. The minimum Gasteiger partial charge on any atom is -0.423 e. The molecule has 19 heavy (non-hydrogen) atoms. The normalized spacial score (nSPS) is 9.89. The van der Waals surface area contributed by atoms with Crippen molar-refractivity contribution < 1.29 is 14.5 Å². The molecule has 0 aromatic heterocycles. The predicted octanol–water partition coefficient (Wildman–Crippen LogP) is 2.40. The van der Waals surface area contributed by atoms with Crippen LogP contribution in [0.5, 0.6) is 5.75 Å². The van der Waals surface area contributed by atoms with Crippen LogP contribution in [0.3, 0.4) is 0 Å². The van der Waals surface area contributed by atoms with Gasteiger partial charge in [-0.05, 0) is 18.2 Å². The van der Waals surface area contributed by atoms with Gasteiger partial charge in [0.25, 0.3) is 5.69 Å². The van der Waals surface area contributed by atoms with Crippen molar-refractivity contribution in [3.63, 3.8) is 0 Å². The van der Waals surface area contributed by atoms with Gasteiger partial charge in [-0.1, -0.05) is 18.2 Å². The molecule has 0 amide bonds. The molecular weight excluding hydrogens is 248 g/mol. The minimum atomic E-state index is -0.693. The van der Waals surface area contributed by atoms with Crippen LogP contribution in [-0.2, 0) is 0 Å². The van der Waals surface area contributed by atoms with E-state index in [1.807, 2.05) is 0 Å². The Balaban J connectivity index is 2.26. The smallest absolute Gasteiger partial charge is 0.343 e. The molecule has 0 spiro atoms. The van der Waals surface area contributed by atoms with Gasteiger partial charge >= 0.3 is 5.97 Å². The van der Waals surface area contributed by atoms with Crippen molar-refractivity contribution in [3.8, 4) is 5.75 Å². The first-order valence-corrected chi connectivity index (χ1v) is 5.38. The number of para-hydroxylation sites is 1. The van der Waals surface area contributed by atoms with E-state index in [4.69, 9.17) is 10.5 Å². The maximum Gasteiger partial charge on any atom is 0.343 e. The number of rotatable bonds is 3. The number of nitro groups is 1. The minimum absolute atomic E-state index is 0.0375. The molecule has 0 heterocycles. The predicted molar refractivity (Wildman–Crippen MR) is 68.9 cm³/mol. The number of benzene rings is 2. The Hall–Kier alpha value is -2.89. The molecule has 0 unspecified atom stereocenters. The second-order valence-electron chi connectivity index (χ2n) is 3.77. The van der Waals surface area contributed by atoms with Gasteiger partial charge in [0.05, 0.1) is 10.5 Å². The summed E-state index contributed by atoms with van der Waals surface area (Å²) in [5, 5.41) is 10.7. The summed E-state index contributed by atoms with van der Waals surface area (Å²) in [7, 11) is 0. The molecule has 2 N–H and O–H groups in total. The number of hydrogen-bond acceptors (Lipinski definition) is 5. The summed E-state index contributed by atoms with van der Waals surface area (Å²) in [4.78, 5) is 21.9. The molecule has 0 radical (unpaired) electrons. The Kier molecular flexibility index (Phi) is 3.42. The monoisotopic (exact) mass is 258 g/mol. The molecule has 0 saturated carbocycles. The van der Waals surface area contributed by atoms with Gasteiger partial charge in [0.15, 0.2) is 0 Å². The van der Waals surface area contributed by atoms with Crippen LogP contribution < -0.4 is 10.5 Å². The highest BCUT2D eigenvalue weighted by Crippen LogP contribution is 2.20. The van der Waals surface area contributed by atoms with Crippen LogP contribution in [0.4, 0.5) is 11.4 Å². The first-order chi connectivity index (χ1) is 9.06. The maximum atomic E-state index is 11.8. The molecule has 0 atom stereocenters. The molecule has 0 aliphatic rings. The van der Waals surface area contributed by atoms with E-state index in [1.165, 1.54) is 12.1 Å². The number of hydrogen-bond donors (Lipinski definition) is 1. The van der Waals surface area contributed by atoms with Gasteiger partial charge in [-0.2, -0.15) is 0 Å². The van der Waals surface area contributed by atoms with E-state index in [2.05, 4.69) is 0 Å². The SMILES string of the molecule is Nc1cc(C(=O)Oc2ccccc2)cc([N+](=O)[O-])c1. The zero-order chi connectivity index (χ0) is 13.8. The quantitative estimate of drug-likeness (QED) is 0.300. The highest BCUT2D eigenvalue weighted by Gasteiger charge is 2.15. The van der Waals surface area contributed by atoms with Crippen LogP contribution in [0.2, 0.25) is 0 Å². The molecular formula is C13H10N2O4. The molecule has 6 nitrogen and oxygen atoms in total. The number of nitro benzene ring substituents is 1. The lowest BCUT2D eigenvalue weighted by Crippen LogP contribution is -2.09. The van der Waals surface area contributed by atoms with Gasteiger partial charge in [-0.3, -0.25) is 10.1 Å². The lowest BCUT2D eigenvalue weighted by Gasteiger charge is -2.04. The molecule has 0 aliphatic carbocycles. The second kappa shape index (κ2) is 5.18. The Bertz CT molecular complexity index is 626. The Labute approximate surface area is 108 Å². The topological polar surface area (TPSA) is 95.5 Å². The van der Waals surface area contributed by atoms with E-state index in [1.54, 1.807) is 30.3 Å². The molecule has 2 aromatic rings. The summed E-state index contributed by atoms with van der Waals surface area (Å²) in [6, 6.07) is 12.1. The molecule has 2 rings (SSSR count). The Morgan fingerprint density at radius 3 is 2.47 bits per heavy atom. The third-order valence-corrected chi connectivity index (χ3v) is 2.34. The van der Waals surface area contributed by atoms with E-state index in [0.29, 0.717) is 5.75 Å². The number of carbonyl (C=O) groups excluding carboxylic acids is 1. The second-order valence-corrected chi connectivity index (χ2v) is 3.77. The van der Waals surface area contributed by atoms with Gasteiger partial charge < -0.3 is 10.5 Å². The maximum absolute atomic E-state index is 11.8. The highest BCUT2D eigenvalue weighted by molar-refractivity contribution is 5.92. The largest absolute Gasteiger partial charge is 0.423 e. The number of anilines is 1. The Morgan fingerprint density at radius 2 is 1.84 bits per heavy atom. The van der Waals surface area contributed by atoms with Crippen molar-refractivity contribution in [1.29, 1.82) is 0 Å². The van der Waals surface area contributed by atoms with Crippen molar-refractivity contribution in [2.45, 2.75) is 0 Å². The zero-order valence-corrected chi connectivity index (χ0v) is 9.78. The number of nitrogen functional groups attached to an aromatic ring is 1. The van der Waals surface area contributed by atoms with E-state index < -0.39 is 10.9 Å².